The van der Waals surface area contributed by atoms with Crippen LogP contribution in [-0.4, -0.2) is 23.7 Å². The SMILES string of the molecule is CCc1cc(C(=O)NC(C)C(C)CO)oc1CC. The molecule has 4 heteroatoms. The lowest BCUT2D eigenvalue weighted by Gasteiger charge is -2.18. The lowest BCUT2D eigenvalue weighted by atomic mass is 10.1. The predicted octanol–water partition coefficient (Wildman–Crippen LogP) is 2.15. The largest absolute Gasteiger partial charge is 0.456 e. The van der Waals surface area contributed by atoms with Crippen molar-refractivity contribution in [1.29, 1.82) is 0 Å². The van der Waals surface area contributed by atoms with Crippen LogP contribution < -0.4 is 5.32 Å². The van der Waals surface area contributed by atoms with Crippen molar-refractivity contribution in [3.63, 3.8) is 0 Å². The third-order valence-corrected chi connectivity index (χ3v) is 3.32. The molecule has 1 aromatic rings. The first kappa shape index (κ1) is 14.8. The Kier molecular flexibility index (Phi) is 5.41. The Labute approximate surface area is 108 Å². The van der Waals surface area contributed by atoms with E-state index in [0.29, 0.717) is 5.76 Å². The van der Waals surface area contributed by atoms with Gasteiger partial charge in [-0.05, 0) is 30.9 Å². The zero-order chi connectivity index (χ0) is 13.7. The number of rotatable bonds is 6. The van der Waals surface area contributed by atoms with Crippen molar-refractivity contribution in [2.75, 3.05) is 6.61 Å². The number of aliphatic hydroxyl groups is 1. The summed E-state index contributed by atoms with van der Waals surface area (Å²) < 4.78 is 5.56. The molecule has 2 unspecified atom stereocenters. The van der Waals surface area contributed by atoms with Crippen molar-refractivity contribution in [2.45, 2.75) is 46.6 Å². The van der Waals surface area contributed by atoms with E-state index in [1.54, 1.807) is 0 Å². The Morgan fingerprint density at radius 3 is 2.50 bits per heavy atom. The van der Waals surface area contributed by atoms with E-state index >= 15 is 0 Å². The first-order valence-electron chi connectivity index (χ1n) is 6.56. The van der Waals surface area contributed by atoms with Gasteiger partial charge in [0.1, 0.15) is 5.76 Å². The predicted molar refractivity (Wildman–Crippen MR) is 70.6 cm³/mol. The maximum absolute atomic E-state index is 12.0. The van der Waals surface area contributed by atoms with Gasteiger partial charge in [0.05, 0.1) is 0 Å². The molecule has 18 heavy (non-hydrogen) atoms. The van der Waals surface area contributed by atoms with E-state index in [9.17, 15) is 4.79 Å². The molecule has 1 amide bonds. The van der Waals surface area contributed by atoms with Crippen molar-refractivity contribution in [2.24, 2.45) is 5.92 Å². The average molecular weight is 253 g/mol. The second-order valence-corrected chi connectivity index (χ2v) is 4.69. The lowest BCUT2D eigenvalue weighted by molar-refractivity contribution is 0.0886. The van der Waals surface area contributed by atoms with Crippen LogP contribution in [-0.2, 0) is 12.8 Å². The zero-order valence-electron chi connectivity index (χ0n) is 11.6. The minimum absolute atomic E-state index is 0.0280. The molecule has 0 saturated heterocycles. The van der Waals surface area contributed by atoms with Gasteiger partial charge in [-0.15, -0.1) is 0 Å². The van der Waals surface area contributed by atoms with Crippen LogP contribution in [0.2, 0.25) is 0 Å². The summed E-state index contributed by atoms with van der Waals surface area (Å²) in [4.78, 5) is 12.0. The van der Waals surface area contributed by atoms with Crippen LogP contribution in [0.3, 0.4) is 0 Å². The van der Waals surface area contributed by atoms with Gasteiger partial charge in [-0.2, -0.15) is 0 Å². The molecule has 0 saturated carbocycles. The van der Waals surface area contributed by atoms with Gasteiger partial charge in [-0.3, -0.25) is 4.79 Å². The maximum atomic E-state index is 12.0. The maximum Gasteiger partial charge on any atom is 0.287 e. The summed E-state index contributed by atoms with van der Waals surface area (Å²) in [7, 11) is 0. The summed E-state index contributed by atoms with van der Waals surface area (Å²) in [5, 5.41) is 11.9. The Hall–Kier alpha value is -1.29. The highest BCUT2D eigenvalue weighted by atomic mass is 16.4. The Morgan fingerprint density at radius 2 is 2.06 bits per heavy atom. The van der Waals surface area contributed by atoms with Crippen molar-refractivity contribution in [3.8, 4) is 0 Å². The summed E-state index contributed by atoms with van der Waals surface area (Å²) in [5.74, 6) is 1.06. The van der Waals surface area contributed by atoms with E-state index in [1.807, 2.05) is 33.8 Å². The van der Waals surface area contributed by atoms with E-state index in [-0.39, 0.29) is 24.5 Å². The molecular weight excluding hydrogens is 230 g/mol. The molecule has 0 fully saturated rings. The van der Waals surface area contributed by atoms with Gasteiger partial charge in [0, 0.05) is 19.1 Å². The van der Waals surface area contributed by atoms with Gasteiger partial charge >= 0.3 is 0 Å². The quantitative estimate of drug-likeness (QED) is 0.816. The molecule has 0 aliphatic carbocycles. The van der Waals surface area contributed by atoms with E-state index in [4.69, 9.17) is 9.52 Å². The monoisotopic (exact) mass is 253 g/mol. The molecule has 1 heterocycles. The molecule has 102 valence electrons. The van der Waals surface area contributed by atoms with E-state index in [1.165, 1.54) is 0 Å². The summed E-state index contributed by atoms with van der Waals surface area (Å²) >= 11 is 0. The minimum Gasteiger partial charge on any atom is -0.456 e. The van der Waals surface area contributed by atoms with Gasteiger partial charge in [-0.1, -0.05) is 20.8 Å². The van der Waals surface area contributed by atoms with Crippen molar-refractivity contribution in [1.82, 2.24) is 5.32 Å². The van der Waals surface area contributed by atoms with Gasteiger partial charge in [-0.25, -0.2) is 0 Å². The summed E-state index contributed by atoms with van der Waals surface area (Å²) in [6.07, 6.45) is 1.65. The number of furan rings is 1. The molecule has 0 aromatic carbocycles. The fourth-order valence-electron chi connectivity index (χ4n) is 1.76. The van der Waals surface area contributed by atoms with Gasteiger partial charge in [0.25, 0.3) is 5.91 Å². The number of hydrogen-bond donors (Lipinski definition) is 2. The van der Waals surface area contributed by atoms with E-state index < -0.39 is 0 Å². The van der Waals surface area contributed by atoms with Crippen molar-refractivity contribution < 1.29 is 14.3 Å². The molecule has 0 spiro atoms. The second-order valence-electron chi connectivity index (χ2n) is 4.69. The standard InChI is InChI=1S/C14H23NO3/c1-5-11-7-13(18-12(11)6-2)14(17)15-10(4)9(3)8-16/h7,9-10,16H,5-6,8H2,1-4H3,(H,15,17). The molecule has 0 radical (unpaired) electrons. The molecule has 0 aliphatic heterocycles. The van der Waals surface area contributed by atoms with Crippen LogP contribution in [0.4, 0.5) is 0 Å². The van der Waals surface area contributed by atoms with Crippen LogP contribution in [0, 0.1) is 5.92 Å². The number of nitrogens with one attached hydrogen (secondary N) is 1. The minimum atomic E-state index is -0.211. The molecule has 0 bridgehead atoms. The van der Waals surface area contributed by atoms with Crippen LogP contribution >= 0.6 is 0 Å². The third-order valence-electron chi connectivity index (χ3n) is 3.32. The van der Waals surface area contributed by atoms with Crippen LogP contribution in [0.5, 0.6) is 0 Å². The summed E-state index contributed by atoms with van der Waals surface area (Å²) in [5.41, 5.74) is 1.09. The Bertz CT molecular complexity index is 376. The molecule has 1 aromatic heterocycles. The normalized spacial score (nSPS) is 14.3. The number of amides is 1. The van der Waals surface area contributed by atoms with Crippen LogP contribution in [0.25, 0.3) is 0 Å². The van der Waals surface area contributed by atoms with E-state index in [2.05, 4.69) is 5.32 Å². The fourth-order valence-corrected chi connectivity index (χ4v) is 1.76. The van der Waals surface area contributed by atoms with Crippen molar-refractivity contribution >= 4 is 5.91 Å². The number of carbonyl (C=O) groups is 1. The number of hydrogen-bond acceptors (Lipinski definition) is 3. The van der Waals surface area contributed by atoms with Gasteiger partial charge in [0.15, 0.2) is 5.76 Å². The first-order valence-corrected chi connectivity index (χ1v) is 6.56. The highest BCUT2D eigenvalue weighted by Gasteiger charge is 2.19. The molecular formula is C14H23NO3. The average Bonchev–Trinajstić information content (AvgIpc) is 2.80. The number of carbonyl (C=O) groups excluding carboxylic acids is 1. The Morgan fingerprint density at radius 1 is 1.39 bits per heavy atom. The lowest BCUT2D eigenvalue weighted by Crippen LogP contribution is -2.38. The second kappa shape index (κ2) is 6.59. The van der Waals surface area contributed by atoms with Crippen molar-refractivity contribution in [3.05, 3.63) is 23.2 Å². The van der Waals surface area contributed by atoms with Crippen LogP contribution in [0.15, 0.2) is 10.5 Å². The fraction of sp³-hybridized carbons (Fsp3) is 0.643. The molecule has 0 aliphatic rings. The molecule has 1 rings (SSSR count). The van der Waals surface area contributed by atoms with Gasteiger partial charge < -0.3 is 14.8 Å². The highest BCUT2D eigenvalue weighted by Crippen LogP contribution is 2.17. The Balaban J connectivity index is 2.75. The number of aliphatic hydroxyl groups excluding tert-OH is 1. The van der Waals surface area contributed by atoms with Gasteiger partial charge in [0.2, 0.25) is 0 Å². The zero-order valence-corrected chi connectivity index (χ0v) is 11.6. The smallest absolute Gasteiger partial charge is 0.287 e. The molecule has 2 N–H and O–H groups in total. The number of aryl methyl sites for hydroxylation is 2. The third kappa shape index (κ3) is 3.35. The molecule has 2 atom stereocenters. The highest BCUT2D eigenvalue weighted by molar-refractivity contribution is 5.92. The molecule has 4 nitrogen and oxygen atoms in total. The van der Waals surface area contributed by atoms with Crippen LogP contribution in [0.1, 0.15) is 49.6 Å². The topological polar surface area (TPSA) is 62.5 Å². The summed E-state index contributed by atoms with van der Waals surface area (Å²) in [6, 6.07) is 1.73. The summed E-state index contributed by atoms with van der Waals surface area (Å²) in [6.45, 7) is 7.88. The first-order chi connectivity index (χ1) is 8.53. The van der Waals surface area contributed by atoms with E-state index in [0.717, 1.165) is 24.2 Å².